The Bertz CT molecular complexity index is 360. The van der Waals surface area contributed by atoms with Gasteiger partial charge in [-0.2, -0.15) is 0 Å². The quantitative estimate of drug-likeness (QED) is 0.370. The highest BCUT2D eigenvalue weighted by Gasteiger charge is 2.28. The van der Waals surface area contributed by atoms with E-state index < -0.39 is 10.5 Å². The zero-order chi connectivity index (χ0) is 10.2. The molecule has 1 aliphatic rings. The zero-order valence-corrected chi connectivity index (χ0v) is 8.33. The molecule has 0 atom stereocenters. The molecule has 0 saturated carbocycles. The third kappa shape index (κ3) is 1.62. The lowest BCUT2D eigenvalue weighted by Crippen LogP contribution is -2.39. The monoisotopic (exact) mass is 209 g/mol. The van der Waals surface area contributed by atoms with Gasteiger partial charge in [-0.15, -0.1) is 0 Å². The van der Waals surface area contributed by atoms with Gasteiger partial charge in [0, 0.05) is 12.4 Å². The summed E-state index contributed by atoms with van der Waals surface area (Å²) in [6.45, 7) is 0. The number of alkyl halides is 1. The molecule has 3 nitrogen and oxygen atoms in total. The Morgan fingerprint density at radius 1 is 1.14 bits per heavy atom. The third-order valence-corrected chi connectivity index (χ3v) is 2.58. The van der Waals surface area contributed by atoms with Crippen molar-refractivity contribution in [2.24, 2.45) is 11.5 Å². The molecule has 0 bridgehead atoms. The van der Waals surface area contributed by atoms with Crippen molar-refractivity contribution in [1.29, 1.82) is 0 Å². The molecule has 0 radical (unpaired) electrons. The van der Waals surface area contributed by atoms with Gasteiger partial charge in [-0.25, -0.2) is 0 Å². The summed E-state index contributed by atoms with van der Waals surface area (Å²) in [5.74, 6) is 0. The molecule has 1 heterocycles. The van der Waals surface area contributed by atoms with E-state index in [1.165, 1.54) is 0 Å². The van der Waals surface area contributed by atoms with Gasteiger partial charge in [-0.3, -0.25) is 0 Å². The highest BCUT2D eigenvalue weighted by atomic mass is 35.5. The van der Waals surface area contributed by atoms with Crippen molar-refractivity contribution < 1.29 is 0 Å². The van der Waals surface area contributed by atoms with Crippen LogP contribution < -0.4 is 11.5 Å². The molecule has 0 amide bonds. The van der Waals surface area contributed by atoms with Gasteiger partial charge in [0.15, 0.2) is 0 Å². The first-order valence-corrected chi connectivity index (χ1v) is 4.70. The predicted molar refractivity (Wildman–Crippen MR) is 57.7 cm³/mol. The molecule has 1 aromatic rings. The molecule has 0 spiro atoms. The summed E-state index contributed by atoms with van der Waals surface area (Å²) in [5.41, 5.74) is 12.2. The summed E-state index contributed by atoms with van der Waals surface area (Å²) < 4.78 is 0. The molecule has 5 N–H and O–H groups in total. The van der Waals surface area contributed by atoms with Gasteiger partial charge in [0.05, 0.1) is 5.54 Å². The fourth-order valence-corrected chi connectivity index (χ4v) is 1.55. The Hall–Kier alpha value is -1.03. The lowest BCUT2D eigenvalue weighted by molar-refractivity contribution is 0.680. The van der Waals surface area contributed by atoms with Gasteiger partial charge >= 0.3 is 0 Å². The van der Waals surface area contributed by atoms with E-state index in [-0.39, 0.29) is 0 Å². The van der Waals surface area contributed by atoms with E-state index in [9.17, 15) is 0 Å². The average Bonchev–Trinajstić information content (AvgIpc) is 2.64. The Kier molecular flexibility index (Phi) is 2.03. The Balaban J connectivity index is 2.34. The Labute approximate surface area is 87.4 Å². The third-order valence-electron chi connectivity index (χ3n) is 2.33. The zero-order valence-electron chi connectivity index (χ0n) is 7.57. The Morgan fingerprint density at radius 3 is 2.29 bits per heavy atom. The number of rotatable bonds is 1. The molecule has 14 heavy (non-hydrogen) atoms. The molecule has 0 aliphatic heterocycles. The average molecular weight is 210 g/mol. The van der Waals surface area contributed by atoms with E-state index in [0.29, 0.717) is 0 Å². The predicted octanol–water partition coefficient (Wildman–Crippen LogP) is 1.19. The first-order valence-electron chi connectivity index (χ1n) is 4.33. The number of hydrogen-bond acceptors (Lipinski definition) is 2. The van der Waals surface area contributed by atoms with Crippen LogP contribution >= 0.6 is 11.6 Å². The van der Waals surface area contributed by atoms with Gasteiger partial charge in [0.25, 0.3) is 0 Å². The van der Waals surface area contributed by atoms with Crippen LogP contribution in [0.25, 0.3) is 0 Å². The van der Waals surface area contributed by atoms with Crippen molar-refractivity contribution in [3.8, 4) is 0 Å². The first kappa shape index (κ1) is 9.52. The largest absolute Gasteiger partial charge is 0.367 e. The summed E-state index contributed by atoms with van der Waals surface area (Å²) in [4.78, 5) is 2.06. The van der Waals surface area contributed by atoms with Crippen LogP contribution in [0, 0.1) is 0 Å². The molecule has 0 fully saturated rings. The molecule has 74 valence electrons. The highest BCUT2D eigenvalue weighted by molar-refractivity contribution is 6.26. The van der Waals surface area contributed by atoms with Crippen molar-refractivity contribution in [2.75, 3.05) is 0 Å². The van der Waals surface area contributed by atoms with Gasteiger partial charge in [0.2, 0.25) is 0 Å². The second-order valence-corrected chi connectivity index (χ2v) is 4.18. The van der Waals surface area contributed by atoms with Crippen molar-refractivity contribution in [2.45, 2.75) is 10.5 Å². The second kappa shape index (κ2) is 2.98. The summed E-state index contributed by atoms with van der Waals surface area (Å²) in [6, 6.07) is 1.92. The highest BCUT2D eigenvalue weighted by Crippen LogP contribution is 2.28. The second-order valence-electron chi connectivity index (χ2n) is 3.53. The normalized spacial score (nSPS) is 36.2. The molecule has 0 aromatic carbocycles. The summed E-state index contributed by atoms with van der Waals surface area (Å²) in [6.07, 6.45) is 10.7. The first-order chi connectivity index (χ1) is 6.52. The number of aromatic nitrogens is 1. The summed E-state index contributed by atoms with van der Waals surface area (Å²) in [7, 11) is 0. The van der Waals surface area contributed by atoms with Crippen molar-refractivity contribution in [3.05, 3.63) is 48.3 Å². The lowest BCUT2D eigenvalue weighted by atomic mass is 9.88. The molecule has 2 rings (SSSR count). The minimum Gasteiger partial charge on any atom is -0.367 e. The smallest absolute Gasteiger partial charge is 0.128 e. The van der Waals surface area contributed by atoms with Crippen LogP contribution in [0.2, 0.25) is 0 Å². The molecule has 0 unspecified atom stereocenters. The number of nitrogens with two attached hydrogens (primary N) is 2. The van der Waals surface area contributed by atoms with E-state index in [2.05, 4.69) is 4.98 Å². The lowest BCUT2D eigenvalue weighted by Gasteiger charge is -2.28. The minimum atomic E-state index is -0.904. The summed E-state index contributed by atoms with van der Waals surface area (Å²) in [5, 5.41) is 0. The van der Waals surface area contributed by atoms with E-state index in [1.54, 1.807) is 12.2 Å². The number of halogens is 1. The maximum absolute atomic E-state index is 6.14. The van der Waals surface area contributed by atoms with Crippen LogP contribution in [-0.2, 0) is 5.54 Å². The van der Waals surface area contributed by atoms with Crippen LogP contribution in [0.4, 0.5) is 0 Å². The molecular weight excluding hydrogens is 198 g/mol. The number of H-pyrrole nitrogens is 1. The van der Waals surface area contributed by atoms with E-state index in [0.717, 1.165) is 5.56 Å². The van der Waals surface area contributed by atoms with E-state index >= 15 is 0 Å². The number of hydrogen-bond donors (Lipinski definition) is 3. The van der Waals surface area contributed by atoms with Gasteiger partial charge in [-0.05, 0) is 23.8 Å². The molecule has 4 heteroatoms. The van der Waals surface area contributed by atoms with Gasteiger partial charge in [-0.1, -0.05) is 23.8 Å². The topological polar surface area (TPSA) is 67.8 Å². The minimum absolute atomic E-state index is 0.599. The SMILES string of the molecule is NC1(Cl)C=CC(N)(c2cc[nH]c2)C=C1. The van der Waals surface area contributed by atoms with Crippen LogP contribution in [-0.4, -0.2) is 9.98 Å². The van der Waals surface area contributed by atoms with Crippen molar-refractivity contribution in [3.63, 3.8) is 0 Å². The maximum atomic E-state index is 6.14. The molecule has 0 saturated heterocycles. The van der Waals surface area contributed by atoms with E-state index in [1.807, 2.05) is 30.6 Å². The standard InChI is InChI=1S/C10H12ClN3/c11-10(13)4-2-9(12,3-5-10)8-1-6-14-7-8/h1-7,14H,12-13H2. The fraction of sp³-hybridized carbons (Fsp3) is 0.200. The maximum Gasteiger partial charge on any atom is 0.128 e. The van der Waals surface area contributed by atoms with Gasteiger partial charge in [0.1, 0.15) is 5.00 Å². The number of aromatic amines is 1. The molecular formula is C10H12ClN3. The van der Waals surface area contributed by atoms with Crippen molar-refractivity contribution >= 4 is 11.6 Å². The molecule has 1 aliphatic carbocycles. The fourth-order valence-electron chi connectivity index (χ4n) is 1.43. The number of nitrogens with one attached hydrogen (secondary N) is 1. The Morgan fingerprint density at radius 2 is 1.79 bits per heavy atom. The molecule has 1 aromatic heterocycles. The van der Waals surface area contributed by atoms with Crippen LogP contribution in [0.3, 0.4) is 0 Å². The van der Waals surface area contributed by atoms with Gasteiger partial charge < -0.3 is 16.5 Å². The van der Waals surface area contributed by atoms with Crippen LogP contribution in [0.15, 0.2) is 42.8 Å². The van der Waals surface area contributed by atoms with Crippen LogP contribution in [0.5, 0.6) is 0 Å². The summed E-state index contributed by atoms with van der Waals surface area (Å²) >= 11 is 5.90. The van der Waals surface area contributed by atoms with Crippen molar-refractivity contribution in [1.82, 2.24) is 4.98 Å². The van der Waals surface area contributed by atoms with Crippen LogP contribution in [0.1, 0.15) is 5.56 Å². The van der Waals surface area contributed by atoms with E-state index in [4.69, 9.17) is 23.1 Å².